The molecule has 1 aliphatic heterocycles. The molecule has 1 heterocycles. The molecule has 1 fully saturated rings. The fourth-order valence-electron chi connectivity index (χ4n) is 2.42. The quantitative estimate of drug-likeness (QED) is 0.805. The predicted octanol–water partition coefficient (Wildman–Crippen LogP) is 3.45. The summed E-state index contributed by atoms with van der Waals surface area (Å²) in [5, 5.41) is 3.23. The van der Waals surface area contributed by atoms with Crippen molar-refractivity contribution in [2.75, 3.05) is 25.9 Å². The van der Waals surface area contributed by atoms with E-state index in [1.54, 1.807) is 6.07 Å². The normalized spacial score (nSPS) is 18.0. The molecule has 0 aliphatic carbocycles. The average Bonchev–Trinajstić information content (AvgIpc) is 2.49. The lowest BCUT2D eigenvalue weighted by Gasteiger charge is -2.32. The second-order valence-electron chi connectivity index (χ2n) is 5.20. The standard InChI is InChI=1S/C15H20BrFN2OS.ClH/c1-18-13-3-2-6-19(8-13)15(20)10-21-9-11-4-5-12(16)7-14(11)17;/h4-5,7,13,18H,2-3,6,8-10H2,1H3;1H. The van der Waals surface area contributed by atoms with Crippen LogP contribution in [0.1, 0.15) is 18.4 Å². The van der Waals surface area contributed by atoms with E-state index < -0.39 is 0 Å². The maximum Gasteiger partial charge on any atom is 0.232 e. The number of halogens is 3. The molecule has 0 aromatic heterocycles. The number of amides is 1. The lowest BCUT2D eigenvalue weighted by molar-refractivity contribution is -0.129. The molecular weight excluding hydrogens is 391 g/mol. The van der Waals surface area contributed by atoms with Gasteiger partial charge in [0.1, 0.15) is 5.82 Å². The van der Waals surface area contributed by atoms with Gasteiger partial charge in [0.15, 0.2) is 0 Å². The van der Waals surface area contributed by atoms with Gasteiger partial charge in [0.25, 0.3) is 0 Å². The summed E-state index contributed by atoms with van der Waals surface area (Å²) in [5.74, 6) is 0.857. The summed E-state index contributed by atoms with van der Waals surface area (Å²) in [6, 6.07) is 5.44. The molecule has 1 aliphatic rings. The third-order valence-electron chi connectivity index (χ3n) is 3.68. The number of hydrogen-bond donors (Lipinski definition) is 1. The van der Waals surface area contributed by atoms with Gasteiger partial charge in [-0.25, -0.2) is 4.39 Å². The Bertz CT molecular complexity index is 506. The van der Waals surface area contributed by atoms with Gasteiger partial charge in [-0.05, 0) is 37.6 Å². The molecule has 7 heteroatoms. The van der Waals surface area contributed by atoms with Crippen molar-refractivity contribution in [3.8, 4) is 0 Å². The van der Waals surface area contributed by atoms with E-state index in [1.165, 1.54) is 17.8 Å². The number of likely N-dealkylation sites (tertiary alicyclic amines) is 1. The van der Waals surface area contributed by atoms with Gasteiger partial charge in [0.2, 0.25) is 5.91 Å². The molecule has 0 spiro atoms. The summed E-state index contributed by atoms with van der Waals surface area (Å²) < 4.78 is 14.4. The minimum absolute atomic E-state index is 0. The highest BCUT2D eigenvalue weighted by Gasteiger charge is 2.22. The maximum atomic E-state index is 13.7. The topological polar surface area (TPSA) is 32.3 Å². The molecular formula is C15H21BrClFN2OS. The highest BCUT2D eigenvalue weighted by Crippen LogP contribution is 2.20. The fourth-order valence-corrected chi connectivity index (χ4v) is 3.66. The van der Waals surface area contributed by atoms with Crippen LogP contribution in [0, 0.1) is 5.82 Å². The number of benzene rings is 1. The van der Waals surface area contributed by atoms with Crippen LogP contribution in [0.15, 0.2) is 22.7 Å². The first kappa shape index (κ1) is 19.7. The molecule has 1 aromatic rings. The van der Waals surface area contributed by atoms with E-state index in [9.17, 15) is 9.18 Å². The molecule has 1 amide bonds. The number of rotatable bonds is 5. The zero-order valence-corrected chi connectivity index (χ0v) is 15.7. The highest BCUT2D eigenvalue weighted by molar-refractivity contribution is 9.10. The Morgan fingerprint density at radius 3 is 3.00 bits per heavy atom. The third-order valence-corrected chi connectivity index (χ3v) is 5.14. The zero-order valence-electron chi connectivity index (χ0n) is 12.5. The molecule has 0 bridgehead atoms. The number of nitrogens with one attached hydrogen (secondary N) is 1. The molecule has 1 N–H and O–H groups in total. The minimum atomic E-state index is -0.224. The molecule has 1 aromatic carbocycles. The van der Waals surface area contributed by atoms with Crippen LogP contribution in [0.4, 0.5) is 4.39 Å². The van der Waals surface area contributed by atoms with Gasteiger partial charge in [-0.1, -0.05) is 22.0 Å². The first-order chi connectivity index (χ1) is 10.1. The number of thioether (sulfide) groups is 1. The van der Waals surface area contributed by atoms with Crippen molar-refractivity contribution in [3.05, 3.63) is 34.1 Å². The zero-order chi connectivity index (χ0) is 15.2. The molecule has 22 heavy (non-hydrogen) atoms. The summed E-state index contributed by atoms with van der Waals surface area (Å²) >= 11 is 4.71. The first-order valence-electron chi connectivity index (χ1n) is 7.07. The molecule has 0 radical (unpaired) electrons. The van der Waals surface area contributed by atoms with E-state index in [4.69, 9.17) is 0 Å². The van der Waals surface area contributed by atoms with E-state index in [0.717, 1.165) is 30.4 Å². The van der Waals surface area contributed by atoms with Gasteiger partial charge in [-0.15, -0.1) is 24.2 Å². The molecule has 1 unspecified atom stereocenters. The van der Waals surface area contributed by atoms with E-state index >= 15 is 0 Å². The Kier molecular flexibility index (Phi) is 8.75. The Hall–Kier alpha value is -0.300. The Morgan fingerprint density at radius 2 is 2.32 bits per heavy atom. The van der Waals surface area contributed by atoms with Crippen LogP contribution in [0.3, 0.4) is 0 Å². The molecule has 3 nitrogen and oxygen atoms in total. The van der Waals surface area contributed by atoms with E-state index in [0.29, 0.717) is 23.1 Å². The van der Waals surface area contributed by atoms with Gasteiger partial charge in [0.05, 0.1) is 5.75 Å². The van der Waals surface area contributed by atoms with Crippen LogP contribution < -0.4 is 5.32 Å². The average molecular weight is 412 g/mol. The summed E-state index contributed by atoms with van der Waals surface area (Å²) in [4.78, 5) is 14.1. The Morgan fingerprint density at radius 1 is 1.55 bits per heavy atom. The lowest BCUT2D eigenvalue weighted by atomic mass is 10.1. The third kappa shape index (κ3) is 5.72. The molecule has 124 valence electrons. The van der Waals surface area contributed by atoms with E-state index in [2.05, 4.69) is 21.2 Å². The minimum Gasteiger partial charge on any atom is -0.340 e. The van der Waals surface area contributed by atoms with Crippen molar-refractivity contribution in [3.63, 3.8) is 0 Å². The van der Waals surface area contributed by atoms with Gasteiger partial charge >= 0.3 is 0 Å². The van der Waals surface area contributed by atoms with Crippen LogP contribution in [0.25, 0.3) is 0 Å². The van der Waals surface area contributed by atoms with Crippen LogP contribution in [-0.2, 0) is 10.5 Å². The van der Waals surface area contributed by atoms with Crippen LogP contribution in [0.2, 0.25) is 0 Å². The molecule has 1 atom stereocenters. The van der Waals surface area contributed by atoms with Crippen LogP contribution in [0.5, 0.6) is 0 Å². The lowest BCUT2D eigenvalue weighted by Crippen LogP contribution is -2.47. The second-order valence-corrected chi connectivity index (χ2v) is 7.10. The van der Waals surface area contributed by atoms with E-state index in [1.807, 2.05) is 18.0 Å². The number of likely N-dealkylation sites (N-methyl/N-ethyl adjacent to an activating group) is 1. The highest BCUT2D eigenvalue weighted by atomic mass is 79.9. The van der Waals surface area contributed by atoms with E-state index in [-0.39, 0.29) is 24.1 Å². The monoisotopic (exact) mass is 410 g/mol. The van der Waals surface area contributed by atoms with Crippen molar-refractivity contribution in [2.45, 2.75) is 24.6 Å². The number of carbonyl (C=O) groups excluding carboxylic acids is 1. The molecule has 1 saturated heterocycles. The number of nitrogens with zero attached hydrogens (tertiary/aromatic N) is 1. The first-order valence-corrected chi connectivity index (χ1v) is 9.01. The van der Waals surface area contributed by atoms with Gasteiger partial charge in [0, 0.05) is 29.4 Å². The summed E-state index contributed by atoms with van der Waals surface area (Å²) in [5.41, 5.74) is 0.641. The van der Waals surface area contributed by atoms with Gasteiger partial charge in [-0.2, -0.15) is 0 Å². The predicted molar refractivity (Wildman–Crippen MR) is 96.2 cm³/mol. The van der Waals surface area contributed by atoms with Crippen molar-refractivity contribution in [2.24, 2.45) is 0 Å². The Labute approximate surface area is 149 Å². The second kappa shape index (κ2) is 9.75. The number of hydrogen-bond acceptors (Lipinski definition) is 3. The van der Waals surface area contributed by atoms with Crippen molar-refractivity contribution in [1.82, 2.24) is 10.2 Å². The number of piperidine rings is 1. The van der Waals surface area contributed by atoms with Crippen molar-refractivity contribution < 1.29 is 9.18 Å². The van der Waals surface area contributed by atoms with Gasteiger partial charge < -0.3 is 10.2 Å². The fraction of sp³-hybridized carbons (Fsp3) is 0.533. The summed E-state index contributed by atoms with van der Waals surface area (Å²) in [6.45, 7) is 1.62. The molecule has 0 saturated carbocycles. The largest absolute Gasteiger partial charge is 0.340 e. The summed E-state index contributed by atoms with van der Waals surface area (Å²) in [6.07, 6.45) is 2.17. The SMILES string of the molecule is CNC1CCCN(C(=O)CSCc2ccc(Br)cc2F)C1.Cl. The molecule has 2 rings (SSSR count). The smallest absolute Gasteiger partial charge is 0.232 e. The Balaban J connectivity index is 0.00000242. The summed E-state index contributed by atoms with van der Waals surface area (Å²) in [7, 11) is 1.93. The van der Waals surface area contributed by atoms with Crippen molar-refractivity contribution in [1.29, 1.82) is 0 Å². The van der Waals surface area contributed by atoms with Crippen LogP contribution in [-0.4, -0.2) is 42.7 Å². The van der Waals surface area contributed by atoms with Gasteiger partial charge in [-0.3, -0.25) is 4.79 Å². The number of carbonyl (C=O) groups is 1. The van der Waals surface area contributed by atoms with Crippen molar-refractivity contribution >= 4 is 46.0 Å². The maximum absolute atomic E-state index is 13.7. The van der Waals surface area contributed by atoms with Crippen LogP contribution >= 0.6 is 40.1 Å².